The SMILES string of the molecule is Cc1cc(C(CN)NN(C)C)ccc1Br. The largest absolute Gasteiger partial charge is 0.329 e. The molecule has 0 spiro atoms. The number of hydrogen-bond donors (Lipinski definition) is 2. The molecule has 1 rings (SSSR count). The highest BCUT2D eigenvalue weighted by Crippen LogP contribution is 2.20. The van der Waals surface area contributed by atoms with E-state index in [9.17, 15) is 0 Å². The average Bonchev–Trinajstić information content (AvgIpc) is 2.18. The first kappa shape index (κ1) is 12.6. The number of benzene rings is 1. The average molecular weight is 272 g/mol. The predicted octanol–water partition coefficient (Wildman–Crippen LogP) is 1.82. The monoisotopic (exact) mass is 271 g/mol. The molecule has 0 saturated carbocycles. The molecule has 0 bridgehead atoms. The van der Waals surface area contributed by atoms with Crippen molar-refractivity contribution in [2.24, 2.45) is 5.73 Å². The van der Waals surface area contributed by atoms with Crippen LogP contribution in [0.15, 0.2) is 22.7 Å². The second-order valence-electron chi connectivity index (χ2n) is 3.82. The summed E-state index contributed by atoms with van der Waals surface area (Å²) in [6.07, 6.45) is 0. The zero-order valence-electron chi connectivity index (χ0n) is 9.42. The maximum absolute atomic E-state index is 5.74. The lowest BCUT2D eigenvalue weighted by molar-refractivity contribution is 0.245. The lowest BCUT2D eigenvalue weighted by atomic mass is 10.1. The van der Waals surface area contributed by atoms with Gasteiger partial charge in [0.15, 0.2) is 0 Å². The number of hydrazine groups is 1. The molecule has 3 N–H and O–H groups in total. The van der Waals surface area contributed by atoms with E-state index in [1.54, 1.807) is 0 Å². The third-order valence-electron chi connectivity index (χ3n) is 2.23. The van der Waals surface area contributed by atoms with Gasteiger partial charge in [-0.15, -0.1) is 0 Å². The topological polar surface area (TPSA) is 41.3 Å². The van der Waals surface area contributed by atoms with Crippen molar-refractivity contribution in [3.63, 3.8) is 0 Å². The van der Waals surface area contributed by atoms with E-state index >= 15 is 0 Å². The minimum Gasteiger partial charge on any atom is -0.329 e. The van der Waals surface area contributed by atoms with Crippen molar-refractivity contribution < 1.29 is 0 Å². The summed E-state index contributed by atoms with van der Waals surface area (Å²) in [6.45, 7) is 2.66. The Morgan fingerprint density at radius 3 is 2.60 bits per heavy atom. The Labute approximate surface area is 99.7 Å². The van der Waals surface area contributed by atoms with Gasteiger partial charge in [0.05, 0.1) is 6.04 Å². The molecule has 0 heterocycles. The Morgan fingerprint density at radius 2 is 2.13 bits per heavy atom. The standard InChI is InChI=1S/C11H18BrN3/c1-8-6-9(4-5-10(8)12)11(7-13)14-15(2)3/h4-6,11,14H,7,13H2,1-3H3. The second-order valence-corrected chi connectivity index (χ2v) is 4.67. The smallest absolute Gasteiger partial charge is 0.0586 e. The van der Waals surface area contributed by atoms with Gasteiger partial charge in [0.2, 0.25) is 0 Å². The van der Waals surface area contributed by atoms with E-state index in [0.29, 0.717) is 6.54 Å². The van der Waals surface area contributed by atoms with Gasteiger partial charge in [0, 0.05) is 25.1 Å². The van der Waals surface area contributed by atoms with Gasteiger partial charge < -0.3 is 5.73 Å². The minimum absolute atomic E-state index is 0.173. The summed E-state index contributed by atoms with van der Waals surface area (Å²) >= 11 is 3.49. The van der Waals surface area contributed by atoms with Crippen molar-refractivity contribution in [2.45, 2.75) is 13.0 Å². The molecule has 0 aromatic heterocycles. The Kier molecular flexibility index (Phi) is 4.73. The Bertz CT molecular complexity index is 326. The first-order chi connectivity index (χ1) is 7.04. The molecular formula is C11H18BrN3. The van der Waals surface area contributed by atoms with Gasteiger partial charge in [-0.05, 0) is 24.1 Å². The normalized spacial score (nSPS) is 13.2. The fourth-order valence-electron chi connectivity index (χ4n) is 1.46. The quantitative estimate of drug-likeness (QED) is 0.821. The van der Waals surface area contributed by atoms with E-state index in [1.165, 1.54) is 11.1 Å². The highest BCUT2D eigenvalue weighted by atomic mass is 79.9. The van der Waals surface area contributed by atoms with Gasteiger partial charge in [-0.2, -0.15) is 0 Å². The van der Waals surface area contributed by atoms with Crippen molar-refractivity contribution in [2.75, 3.05) is 20.6 Å². The summed E-state index contributed by atoms with van der Waals surface area (Å²) in [7, 11) is 3.93. The molecule has 1 aromatic carbocycles. The number of hydrogen-bond acceptors (Lipinski definition) is 3. The number of rotatable bonds is 4. The Hall–Kier alpha value is -0.420. The molecule has 1 unspecified atom stereocenters. The summed E-state index contributed by atoms with van der Waals surface area (Å²) < 4.78 is 1.13. The van der Waals surface area contributed by atoms with Crippen LogP contribution in [-0.2, 0) is 0 Å². The highest BCUT2D eigenvalue weighted by Gasteiger charge is 2.10. The summed E-state index contributed by atoms with van der Waals surface area (Å²) in [5, 5.41) is 1.93. The summed E-state index contributed by atoms with van der Waals surface area (Å²) in [5.41, 5.74) is 11.5. The molecule has 15 heavy (non-hydrogen) atoms. The molecule has 1 atom stereocenters. The fourth-order valence-corrected chi connectivity index (χ4v) is 1.71. The lowest BCUT2D eigenvalue weighted by Crippen LogP contribution is -2.38. The van der Waals surface area contributed by atoms with E-state index < -0.39 is 0 Å². The van der Waals surface area contributed by atoms with Crippen LogP contribution in [0.1, 0.15) is 17.2 Å². The fraction of sp³-hybridized carbons (Fsp3) is 0.455. The van der Waals surface area contributed by atoms with Crippen LogP contribution in [0, 0.1) is 6.92 Å². The van der Waals surface area contributed by atoms with Crippen molar-refractivity contribution in [3.8, 4) is 0 Å². The van der Waals surface area contributed by atoms with E-state index in [2.05, 4.69) is 46.5 Å². The highest BCUT2D eigenvalue weighted by molar-refractivity contribution is 9.10. The van der Waals surface area contributed by atoms with Crippen LogP contribution >= 0.6 is 15.9 Å². The molecule has 3 nitrogen and oxygen atoms in total. The first-order valence-electron chi connectivity index (χ1n) is 4.94. The van der Waals surface area contributed by atoms with Crippen molar-refractivity contribution in [3.05, 3.63) is 33.8 Å². The van der Waals surface area contributed by atoms with Gasteiger partial charge in [-0.1, -0.05) is 28.1 Å². The van der Waals surface area contributed by atoms with Crippen molar-refractivity contribution in [1.82, 2.24) is 10.4 Å². The van der Waals surface area contributed by atoms with Crippen LogP contribution in [-0.4, -0.2) is 25.6 Å². The Morgan fingerprint density at radius 1 is 1.47 bits per heavy atom. The van der Waals surface area contributed by atoms with Crippen molar-refractivity contribution >= 4 is 15.9 Å². The van der Waals surface area contributed by atoms with Gasteiger partial charge in [-0.3, -0.25) is 0 Å². The number of nitrogens with two attached hydrogens (primary N) is 1. The molecule has 0 aliphatic heterocycles. The first-order valence-corrected chi connectivity index (χ1v) is 5.73. The molecule has 0 amide bonds. The molecule has 4 heteroatoms. The molecule has 0 aliphatic rings. The van der Waals surface area contributed by atoms with E-state index in [4.69, 9.17) is 5.73 Å². The number of aryl methyl sites for hydroxylation is 1. The molecule has 0 saturated heterocycles. The summed E-state index contributed by atoms with van der Waals surface area (Å²) in [5.74, 6) is 0. The molecule has 1 aromatic rings. The number of halogens is 1. The van der Waals surface area contributed by atoms with Crippen LogP contribution in [0.3, 0.4) is 0 Å². The third kappa shape index (κ3) is 3.57. The van der Waals surface area contributed by atoms with Crippen LogP contribution in [0.4, 0.5) is 0 Å². The van der Waals surface area contributed by atoms with Crippen LogP contribution < -0.4 is 11.2 Å². The van der Waals surface area contributed by atoms with Crippen LogP contribution in [0.25, 0.3) is 0 Å². The van der Waals surface area contributed by atoms with Gasteiger partial charge in [-0.25, -0.2) is 10.4 Å². The van der Waals surface area contributed by atoms with E-state index in [0.717, 1.165) is 4.47 Å². The van der Waals surface area contributed by atoms with E-state index in [-0.39, 0.29) is 6.04 Å². The van der Waals surface area contributed by atoms with Gasteiger partial charge in [0.25, 0.3) is 0 Å². The summed E-state index contributed by atoms with van der Waals surface area (Å²) in [4.78, 5) is 0. The predicted molar refractivity (Wildman–Crippen MR) is 67.5 cm³/mol. The van der Waals surface area contributed by atoms with Gasteiger partial charge >= 0.3 is 0 Å². The number of nitrogens with zero attached hydrogens (tertiary/aromatic N) is 1. The van der Waals surface area contributed by atoms with Crippen LogP contribution in [0.2, 0.25) is 0 Å². The van der Waals surface area contributed by atoms with Gasteiger partial charge in [0.1, 0.15) is 0 Å². The maximum atomic E-state index is 5.74. The van der Waals surface area contributed by atoms with E-state index in [1.807, 2.05) is 19.1 Å². The molecule has 0 radical (unpaired) electrons. The molecular weight excluding hydrogens is 254 g/mol. The second kappa shape index (κ2) is 5.61. The molecule has 0 aliphatic carbocycles. The maximum Gasteiger partial charge on any atom is 0.0586 e. The minimum atomic E-state index is 0.173. The third-order valence-corrected chi connectivity index (χ3v) is 3.12. The molecule has 84 valence electrons. The zero-order chi connectivity index (χ0) is 11.4. The van der Waals surface area contributed by atoms with Crippen molar-refractivity contribution in [1.29, 1.82) is 0 Å². The molecule has 0 fully saturated rings. The van der Waals surface area contributed by atoms with Crippen LogP contribution in [0.5, 0.6) is 0 Å². The number of nitrogens with one attached hydrogen (secondary N) is 1. The lowest BCUT2D eigenvalue weighted by Gasteiger charge is -2.22. The Balaban J connectivity index is 2.87. The summed E-state index contributed by atoms with van der Waals surface area (Å²) in [6, 6.07) is 6.47. The zero-order valence-corrected chi connectivity index (χ0v) is 11.0.